The van der Waals surface area contributed by atoms with Crippen molar-refractivity contribution in [1.29, 1.82) is 0 Å². The Morgan fingerprint density at radius 1 is 1.41 bits per heavy atom. The van der Waals surface area contributed by atoms with Crippen molar-refractivity contribution >= 4 is 0 Å². The highest BCUT2D eigenvalue weighted by Gasteiger charge is 2.23. The van der Waals surface area contributed by atoms with Gasteiger partial charge in [-0.3, -0.25) is 4.90 Å². The van der Waals surface area contributed by atoms with E-state index in [0.717, 1.165) is 26.3 Å². The third-order valence-corrected chi connectivity index (χ3v) is 3.39. The van der Waals surface area contributed by atoms with Crippen LogP contribution in [0.5, 0.6) is 0 Å². The molecule has 1 rings (SSSR count). The molecule has 1 N–H and O–H groups in total. The molecule has 1 aliphatic heterocycles. The molecule has 1 heterocycles. The summed E-state index contributed by atoms with van der Waals surface area (Å²) in [5.74, 6) is 0.642. The van der Waals surface area contributed by atoms with Crippen molar-refractivity contribution in [3.05, 3.63) is 0 Å². The van der Waals surface area contributed by atoms with Gasteiger partial charge in [-0.1, -0.05) is 27.2 Å². The first-order valence-corrected chi connectivity index (χ1v) is 7.18. The van der Waals surface area contributed by atoms with Gasteiger partial charge in [0.25, 0.3) is 0 Å². The van der Waals surface area contributed by atoms with Gasteiger partial charge in [0.2, 0.25) is 0 Å². The molecule has 0 aromatic rings. The van der Waals surface area contributed by atoms with E-state index in [-0.39, 0.29) is 0 Å². The summed E-state index contributed by atoms with van der Waals surface area (Å²) in [5.41, 5.74) is 0. The van der Waals surface area contributed by atoms with Crippen molar-refractivity contribution in [1.82, 2.24) is 10.2 Å². The van der Waals surface area contributed by atoms with E-state index in [4.69, 9.17) is 4.74 Å². The molecule has 0 saturated carbocycles. The monoisotopic (exact) mass is 242 g/mol. The Morgan fingerprint density at radius 3 is 2.82 bits per heavy atom. The van der Waals surface area contributed by atoms with E-state index in [2.05, 4.69) is 37.9 Å². The summed E-state index contributed by atoms with van der Waals surface area (Å²) >= 11 is 0. The lowest BCUT2D eigenvalue weighted by Crippen LogP contribution is -2.55. The van der Waals surface area contributed by atoms with Gasteiger partial charge in [-0.05, 0) is 19.3 Å². The number of rotatable bonds is 7. The summed E-state index contributed by atoms with van der Waals surface area (Å²) in [4.78, 5) is 2.57. The van der Waals surface area contributed by atoms with Crippen LogP contribution in [0.25, 0.3) is 0 Å². The molecule has 0 aliphatic carbocycles. The van der Waals surface area contributed by atoms with Crippen molar-refractivity contribution in [2.24, 2.45) is 5.92 Å². The van der Waals surface area contributed by atoms with Gasteiger partial charge in [0.15, 0.2) is 0 Å². The van der Waals surface area contributed by atoms with E-state index >= 15 is 0 Å². The van der Waals surface area contributed by atoms with Crippen LogP contribution in [0.1, 0.15) is 40.5 Å². The summed E-state index contributed by atoms with van der Waals surface area (Å²) in [5, 5.41) is 3.63. The lowest BCUT2D eigenvalue weighted by atomic mass is 10.1. The Labute approximate surface area is 107 Å². The Hall–Kier alpha value is -0.120. The second kappa shape index (κ2) is 8.06. The Kier molecular flexibility index (Phi) is 7.09. The van der Waals surface area contributed by atoms with Gasteiger partial charge >= 0.3 is 0 Å². The fourth-order valence-corrected chi connectivity index (χ4v) is 2.35. The first-order valence-electron chi connectivity index (χ1n) is 7.18. The molecule has 2 atom stereocenters. The van der Waals surface area contributed by atoms with Crippen molar-refractivity contribution in [3.63, 3.8) is 0 Å². The standard InChI is InChI=1S/C14H30N2O/c1-5-6-14-10-16(13(4)9-15-14)7-8-17-11-12(2)3/h12-15H,5-11H2,1-4H3. The molecule has 0 radical (unpaired) electrons. The second-order valence-electron chi connectivity index (χ2n) is 5.71. The van der Waals surface area contributed by atoms with Crippen LogP contribution in [0.4, 0.5) is 0 Å². The van der Waals surface area contributed by atoms with Gasteiger partial charge in [-0.2, -0.15) is 0 Å². The van der Waals surface area contributed by atoms with Gasteiger partial charge in [-0.25, -0.2) is 0 Å². The fourth-order valence-electron chi connectivity index (χ4n) is 2.35. The molecule has 0 aromatic carbocycles. The van der Waals surface area contributed by atoms with E-state index < -0.39 is 0 Å². The Morgan fingerprint density at radius 2 is 2.18 bits per heavy atom. The minimum absolute atomic E-state index is 0.642. The maximum Gasteiger partial charge on any atom is 0.0593 e. The molecule has 1 fully saturated rings. The normalized spacial score (nSPS) is 26.6. The second-order valence-corrected chi connectivity index (χ2v) is 5.71. The zero-order valence-electron chi connectivity index (χ0n) is 12.0. The van der Waals surface area contributed by atoms with Crippen LogP contribution in [-0.2, 0) is 4.74 Å². The summed E-state index contributed by atoms with van der Waals surface area (Å²) in [6.07, 6.45) is 2.56. The van der Waals surface area contributed by atoms with Crippen LogP contribution in [0.15, 0.2) is 0 Å². The SMILES string of the molecule is CCCC1CN(CCOCC(C)C)C(C)CN1. The van der Waals surface area contributed by atoms with E-state index in [1.807, 2.05) is 0 Å². The Bertz CT molecular complexity index is 197. The van der Waals surface area contributed by atoms with Gasteiger partial charge in [0.1, 0.15) is 0 Å². The predicted octanol–water partition coefficient (Wildman–Crippen LogP) is 2.12. The largest absolute Gasteiger partial charge is 0.380 e. The van der Waals surface area contributed by atoms with Crippen molar-refractivity contribution in [3.8, 4) is 0 Å². The molecule has 0 amide bonds. The van der Waals surface area contributed by atoms with E-state index in [1.54, 1.807) is 0 Å². The highest BCUT2D eigenvalue weighted by atomic mass is 16.5. The number of piperazine rings is 1. The molecule has 2 unspecified atom stereocenters. The topological polar surface area (TPSA) is 24.5 Å². The minimum atomic E-state index is 0.642. The van der Waals surface area contributed by atoms with Crippen LogP contribution in [0.2, 0.25) is 0 Å². The van der Waals surface area contributed by atoms with Gasteiger partial charge < -0.3 is 10.1 Å². The number of ether oxygens (including phenoxy) is 1. The van der Waals surface area contributed by atoms with Gasteiger partial charge in [0.05, 0.1) is 6.61 Å². The average molecular weight is 242 g/mol. The van der Waals surface area contributed by atoms with Gasteiger partial charge in [-0.15, -0.1) is 0 Å². The third kappa shape index (κ3) is 5.84. The maximum absolute atomic E-state index is 5.68. The number of nitrogens with one attached hydrogen (secondary N) is 1. The van der Waals surface area contributed by atoms with Crippen molar-refractivity contribution < 1.29 is 4.74 Å². The molecule has 1 saturated heterocycles. The van der Waals surface area contributed by atoms with E-state index in [1.165, 1.54) is 19.4 Å². The van der Waals surface area contributed by atoms with Gasteiger partial charge in [0, 0.05) is 38.3 Å². The molecule has 0 spiro atoms. The Balaban J connectivity index is 2.20. The zero-order valence-corrected chi connectivity index (χ0v) is 12.0. The molecular formula is C14H30N2O. The average Bonchev–Trinajstić information content (AvgIpc) is 2.28. The highest BCUT2D eigenvalue weighted by Crippen LogP contribution is 2.10. The predicted molar refractivity (Wildman–Crippen MR) is 73.4 cm³/mol. The van der Waals surface area contributed by atoms with Crippen LogP contribution in [0, 0.1) is 5.92 Å². The van der Waals surface area contributed by atoms with Crippen LogP contribution < -0.4 is 5.32 Å². The molecule has 3 nitrogen and oxygen atoms in total. The lowest BCUT2D eigenvalue weighted by Gasteiger charge is -2.38. The molecule has 1 aliphatic rings. The minimum Gasteiger partial charge on any atom is -0.380 e. The first-order chi connectivity index (χ1) is 8.13. The number of hydrogen-bond donors (Lipinski definition) is 1. The molecule has 17 heavy (non-hydrogen) atoms. The first kappa shape index (κ1) is 14.9. The number of hydrogen-bond acceptors (Lipinski definition) is 3. The maximum atomic E-state index is 5.68. The fraction of sp³-hybridized carbons (Fsp3) is 1.00. The van der Waals surface area contributed by atoms with Crippen LogP contribution in [-0.4, -0.2) is 49.8 Å². The highest BCUT2D eigenvalue weighted by molar-refractivity contribution is 4.83. The number of nitrogens with zero attached hydrogens (tertiary/aromatic N) is 1. The summed E-state index contributed by atoms with van der Waals surface area (Å²) in [6.45, 7) is 14.1. The molecule has 3 heteroatoms. The molecule has 0 aromatic heterocycles. The summed E-state index contributed by atoms with van der Waals surface area (Å²) < 4.78 is 5.68. The lowest BCUT2D eigenvalue weighted by molar-refractivity contribution is 0.0582. The van der Waals surface area contributed by atoms with Crippen LogP contribution >= 0.6 is 0 Å². The third-order valence-electron chi connectivity index (χ3n) is 3.39. The summed E-state index contributed by atoms with van der Waals surface area (Å²) in [6, 6.07) is 1.33. The zero-order chi connectivity index (χ0) is 12.7. The van der Waals surface area contributed by atoms with E-state index in [0.29, 0.717) is 18.0 Å². The molecular weight excluding hydrogens is 212 g/mol. The van der Waals surface area contributed by atoms with Crippen molar-refractivity contribution in [2.45, 2.75) is 52.6 Å². The van der Waals surface area contributed by atoms with Crippen molar-refractivity contribution in [2.75, 3.05) is 32.8 Å². The molecule has 0 bridgehead atoms. The van der Waals surface area contributed by atoms with Crippen LogP contribution in [0.3, 0.4) is 0 Å². The quantitative estimate of drug-likeness (QED) is 0.692. The van der Waals surface area contributed by atoms with E-state index in [9.17, 15) is 0 Å². The smallest absolute Gasteiger partial charge is 0.0593 e. The molecule has 102 valence electrons. The summed E-state index contributed by atoms with van der Waals surface area (Å²) in [7, 11) is 0.